The smallest absolute Gasteiger partial charge is 0.252 e. The van der Waals surface area contributed by atoms with Gasteiger partial charge in [0, 0.05) is 31.7 Å². The third kappa shape index (κ3) is 2.41. The van der Waals surface area contributed by atoms with Crippen LogP contribution in [-0.2, 0) is 4.79 Å². The Balaban J connectivity index is 1.73. The van der Waals surface area contributed by atoms with E-state index in [4.69, 9.17) is 5.73 Å². The van der Waals surface area contributed by atoms with Crippen molar-refractivity contribution < 1.29 is 9.59 Å². The Labute approximate surface area is 127 Å². The molecule has 2 aromatic rings. The van der Waals surface area contributed by atoms with E-state index in [0.29, 0.717) is 36.8 Å². The summed E-state index contributed by atoms with van der Waals surface area (Å²) in [5, 5.41) is 7.42. The average Bonchev–Trinajstić information content (AvgIpc) is 2.93. The number of hydrogen-bond acceptors (Lipinski definition) is 4. The Morgan fingerprint density at radius 3 is 2.95 bits per heavy atom. The van der Waals surface area contributed by atoms with Crippen molar-refractivity contribution in [2.24, 2.45) is 11.7 Å². The van der Waals surface area contributed by atoms with Gasteiger partial charge in [-0.15, -0.1) is 0 Å². The highest BCUT2D eigenvalue weighted by Crippen LogP contribution is 2.23. The molecule has 1 saturated heterocycles. The zero-order chi connectivity index (χ0) is 15.7. The quantitative estimate of drug-likeness (QED) is 0.786. The maximum Gasteiger partial charge on any atom is 0.252 e. The van der Waals surface area contributed by atoms with Crippen LogP contribution in [-0.4, -0.2) is 46.0 Å². The fraction of sp³-hybridized carbons (Fsp3) is 0.267. The molecule has 0 bridgehead atoms. The third-order valence-electron chi connectivity index (χ3n) is 3.84. The van der Waals surface area contributed by atoms with Gasteiger partial charge in [-0.1, -0.05) is 6.58 Å². The second-order valence-electron chi connectivity index (χ2n) is 5.33. The Bertz CT molecular complexity index is 745. The molecule has 1 aliphatic rings. The van der Waals surface area contributed by atoms with Crippen molar-refractivity contribution in [2.75, 3.05) is 25.0 Å². The molecule has 2 amide bonds. The van der Waals surface area contributed by atoms with Crippen LogP contribution in [0, 0.1) is 5.92 Å². The highest BCUT2D eigenvalue weighted by Gasteiger charge is 2.29. The van der Waals surface area contributed by atoms with Crippen LogP contribution in [0.2, 0.25) is 0 Å². The summed E-state index contributed by atoms with van der Waals surface area (Å²) in [7, 11) is 0. The summed E-state index contributed by atoms with van der Waals surface area (Å²) in [6, 6.07) is 3.72. The predicted molar refractivity (Wildman–Crippen MR) is 82.5 cm³/mol. The van der Waals surface area contributed by atoms with Crippen LogP contribution >= 0.6 is 0 Å². The van der Waals surface area contributed by atoms with Crippen molar-refractivity contribution in [1.82, 2.24) is 14.5 Å². The van der Waals surface area contributed by atoms with Crippen molar-refractivity contribution >= 4 is 23.0 Å². The number of hydrogen-bond donors (Lipinski definition) is 2. The summed E-state index contributed by atoms with van der Waals surface area (Å²) in [5.74, 6) is -0.226. The summed E-state index contributed by atoms with van der Waals surface area (Å²) in [6.07, 6.45) is 4.59. The summed E-state index contributed by atoms with van der Waals surface area (Å²) >= 11 is 0. The molecule has 0 atom stereocenters. The highest BCUT2D eigenvalue weighted by molar-refractivity contribution is 6.01. The van der Waals surface area contributed by atoms with Gasteiger partial charge in [0.1, 0.15) is 0 Å². The minimum absolute atomic E-state index is 0.0491. The lowest BCUT2D eigenvalue weighted by molar-refractivity contribution is -0.131. The molecule has 1 fully saturated rings. The summed E-state index contributed by atoms with van der Waals surface area (Å²) < 4.78 is 1.68. The molecule has 22 heavy (non-hydrogen) atoms. The van der Waals surface area contributed by atoms with Gasteiger partial charge < -0.3 is 16.0 Å². The lowest BCUT2D eigenvalue weighted by Crippen LogP contribution is -2.51. The molecule has 0 unspecified atom stereocenters. The van der Waals surface area contributed by atoms with Crippen molar-refractivity contribution in [2.45, 2.75) is 0 Å². The maximum absolute atomic E-state index is 11.6. The molecule has 7 nitrogen and oxygen atoms in total. The molecule has 0 aromatic carbocycles. The summed E-state index contributed by atoms with van der Waals surface area (Å²) in [4.78, 5) is 24.7. The average molecular weight is 299 g/mol. The number of nitrogens with one attached hydrogen (secondary N) is 1. The molecule has 3 rings (SSSR count). The first-order valence-electron chi connectivity index (χ1n) is 7.01. The number of carbonyl (C=O) groups excluding carboxylic acids is 2. The SMILES string of the molecule is C=CC(=O)N1CC(CNc2c(C(N)=O)cnn3cccc23)C1. The van der Waals surface area contributed by atoms with E-state index in [1.807, 2.05) is 12.1 Å². The van der Waals surface area contributed by atoms with Crippen LogP contribution in [0.5, 0.6) is 0 Å². The Hall–Kier alpha value is -2.83. The minimum Gasteiger partial charge on any atom is -0.382 e. The fourth-order valence-electron chi connectivity index (χ4n) is 2.62. The zero-order valence-corrected chi connectivity index (χ0v) is 12.0. The number of amides is 2. The highest BCUT2D eigenvalue weighted by atomic mass is 16.2. The van der Waals surface area contributed by atoms with Gasteiger partial charge in [-0.05, 0) is 18.2 Å². The van der Waals surface area contributed by atoms with Crippen molar-refractivity contribution in [3.05, 3.63) is 42.7 Å². The molecule has 114 valence electrons. The second kappa shape index (κ2) is 5.51. The second-order valence-corrected chi connectivity index (χ2v) is 5.33. The topological polar surface area (TPSA) is 92.7 Å². The van der Waals surface area contributed by atoms with E-state index in [2.05, 4.69) is 17.0 Å². The number of fused-ring (bicyclic) bond motifs is 1. The monoisotopic (exact) mass is 299 g/mol. The standard InChI is InChI=1S/C15H17N5O2/c1-2-13(21)19-8-10(9-19)6-17-14-11(15(16)22)7-18-20-5-3-4-12(14)20/h2-5,7,10,17H,1,6,8-9H2,(H2,16,22). The first-order chi connectivity index (χ1) is 10.6. The first kappa shape index (κ1) is 14.1. The molecule has 7 heteroatoms. The molecule has 0 aliphatic carbocycles. The van der Waals surface area contributed by atoms with Gasteiger partial charge in [0.25, 0.3) is 5.91 Å². The number of nitrogens with zero attached hydrogens (tertiary/aromatic N) is 3. The fourth-order valence-corrected chi connectivity index (χ4v) is 2.62. The van der Waals surface area contributed by atoms with E-state index >= 15 is 0 Å². The van der Waals surface area contributed by atoms with Crippen LogP contribution in [0.1, 0.15) is 10.4 Å². The summed E-state index contributed by atoms with van der Waals surface area (Å²) in [6.45, 7) is 5.51. The molecule has 0 radical (unpaired) electrons. The zero-order valence-electron chi connectivity index (χ0n) is 12.0. The number of rotatable bonds is 5. The summed E-state index contributed by atoms with van der Waals surface area (Å²) in [5.41, 5.74) is 7.26. The van der Waals surface area contributed by atoms with Gasteiger partial charge in [0.2, 0.25) is 5.91 Å². The van der Waals surface area contributed by atoms with Crippen molar-refractivity contribution in [1.29, 1.82) is 0 Å². The van der Waals surface area contributed by atoms with E-state index in [0.717, 1.165) is 5.52 Å². The van der Waals surface area contributed by atoms with E-state index in [1.165, 1.54) is 12.3 Å². The number of anilines is 1. The van der Waals surface area contributed by atoms with Crippen LogP contribution in [0.3, 0.4) is 0 Å². The number of nitrogens with two attached hydrogens (primary N) is 1. The van der Waals surface area contributed by atoms with Crippen LogP contribution in [0.25, 0.3) is 5.52 Å². The van der Waals surface area contributed by atoms with Gasteiger partial charge in [-0.3, -0.25) is 9.59 Å². The van der Waals surface area contributed by atoms with Crippen LogP contribution in [0.15, 0.2) is 37.2 Å². The molecular weight excluding hydrogens is 282 g/mol. The van der Waals surface area contributed by atoms with Crippen molar-refractivity contribution in [3.8, 4) is 0 Å². The van der Waals surface area contributed by atoms with Gasteiger partial charge >= 0.3 is 0 Å². The largest absolute Gasteiger partial charge is 0.382 e. The van der Waals surface area contributed by atoms with E-state index < -0.39 is 5.91 Å². The van der Waals surface area contributed by atoms with Crippen LogP contribution < -0.4 is 11.1 Å². The van der Waals surface area contributed by atoms with E-state index in [9.17, 15) is 9.59 Å². The number of carbonyl (C=O) groups is 2. The maximum atomic E-state index is 11.6. The normalized spacial score (nSPS) is 14.6. The van der Waals surface area contributed by atoms with Gasteiger partial charge in [-0.2, -0.15) is 5.10 Å². The molecule has 3 N–H and O–H groups in total. The predicted octanol–water partition coefficient (Wildman–Crippen LogP) is 0.489. The molecule has 0 spiro atoms. The van der Waals surface area contributed by atoms with Gasteiger partial charge in [-0.25, -0.2) is 4.52 Å². The first-order valence-corrected chi connectivity index (χ1v) is 7.01. The molecule has 2 aromatic heterocycles. The number of aromatic nitrogens is 2. The van der Waals surface area contributed by atoms with Gasteiger partial charge in [0.05, 0.1) is 23.0 Å². The van der Waals surface area contributed by atoms with Gasteiger partial charge in [0.15, 0.2) is 0 Å². The van der Waals surface area contributed by atoms with Crippen molar-refractivity contribution in [3.63, 3.8) is 0 Å². The number of likely N-dealkylation sites (tertiary alicyclic amines) is 1. The number of primary amides is 1. The molecule has 0 saturated carbocycles. The lowest BCUT2D eigenvalue weighted by Gasteiger charge is -2.39. The Morgan fingerprint density at radius 2 is 2.27 bits per heavy atom. The third-order valence-corrected chi connectivity index (χ3v) is 3.84. The molecule has 1 aliphatic heterocycles. The minimum atomic E-state index is -0.518. The van der Waals surface area contributed by atoms with Crippen LogP contribution in [0.4, 0.5) is 5.69 Å². The van der Waals surface area contributed by atoms with E-state index in [1.54, 1.807) is 15.6 Å². The Morgan fingerprint density at radius 1 is 1.50 bits per heavy atom. The van der Waals surface area contributed by atoms with E-state index in [-0.39, 0.29) is 5.91 Å². The molecular formula is C15H17N5O2. The Kier molecular flexibility index (Phi) is 3.54. The molecule has 3 heterocycles. The lowest BCUT2D eigenvalue weighted by atomic mass is 10.00.